The Morgan fingerprint density at radius 1 is 1.33 bits per heavy atom. The molecule has 1 N–H and O–H groups in total. The van der Waals surface area contributed by atoms with E-state index < -0.39 is 5.72 Å². The molecule has 1 atom stereocenters. The zero-order valence-corrected chi connectivity index (χ0v) is 11.5. The van der Waals surface area contributed by atoms with E-state index in [9.17, 15) is 5.11 Å². The van der Waals surface area contributed by atoms with Crippen LogP contribution in [-0.2, 0) is 0 Å². The zero-order valence-electron chi connectivity index (χ0n) is 9.79. The normalized spacial score (nSPS) is 22.4. The molecule has 0 spiro atoms. The summed E-state index contributed by atoms with van der Waals surface area (Å²) in [6.45, 7) is 1.71. The molecule has 1 aromatic carbocycles. The van der Waals surface area contributed by atoms with Crippen molar-refractivity contribution in [3.63, 3.8) is 0 Å². The Labute approximate surface area is 112 Å². The average Bonchev–Trinajstić information content (AvgIpc) is 2.68. The molecule has 1 aliphatic heterocycles. The van der Waals surface area contributed by atoms with Gasteiger partial charge in [-0.1, -0.05) is 0 Å². The van der Waals surface area contributed by atoms with Gasteiger partial charge in [0.1, 0.15) is 0 Å². The molecular formula is C13H11N3OSe. The first-order valence-corrected chi connectivity index (χ1v) is 7.42. The summed E-state index contributed by atoms with van der Waals surface area (Å²) < 4.78 is 0.656. The van der Waals surface area contributed by atoms with Gasteiger partial charge in [0.15, 0.2) is 0 Å². The summed E-state index contributed by atoms with van der Waals surface area (Å²) in [6, 6.07) is 13.2. The van der Waals surface area contributed by atoms with E-state index in [1.54, 1.807) is 11.8 Å². The Hall–Kier alpha value is -1.78. The van der Waals surface area contributed by atoms with Crippen LogP contribution in [-0.4, -0.2) is 25.8 Å². The number of para-hydroxylation sites is 1. The topological polar surface area (TPSA) is 71.0 Å². The Morgan fingerprint density at radius 3 is 2.50 bits per heavy atom. The first-order valence-electron chi connectivity index (χ1n) is 5.35. The van der Waals surface area contributed by atoms with Gasteiger partial charge in [0.05, 0.1) is 0 Å². The maximum absolute atomic E-state index is 10.4. The van der Waals surface area contributed by atoms with Crippen molar-refractivity contribution in [2.45, 2.75) is 18.0 Å². The number of rotatable bonds is 1. The standard InChI is InChI=1S/C13H11N3OSe/c1-13(17)9-18-12(10(7-14)8-15)16(13)11-5-3-2-4-6-11/h2-6,17H,9H2,1H3. The summed E-state index contributed by atoms with van der Waals surface area (Å²) in [7, 11) is 0. The fourth-order valence-electron chi connectivity index (χ4n) is 1.83. The molecular weight excluding hydrogens is 293 g/mol. The van der Waals surface area contributed by atoms with Crippen LogP contribution in [0.25, 0.3) is 0 Å². The summed E-state index contributed by atoms with van der Waals surface area (Å²) in [5.74, 6) is 0. The van der Waals surface area contributed by atoms with Crippen LogP contribution in [0.2, 0.25) is 5.32 Å². The van der Waals surface area contributed by atoms with Gasteiger partial charge in [-0.25, -0.2) is 0 Å². The van der Waals surface area contributed by atoms with Crippen molar-refractivity contribution in [3.8, 4) is 12.1 Å². The SMILES string of the molecule is CC1(O)C[Se]C(=C(C#N)C#N)N1c1ccccc1. The van der Waals surface area contributed by atoms with Crippen LogP contribution >= 0.6 is 0 Å². The van der Waals surface area contributed by atoms with Crippen molar-refractivity contribution >= 4 is 20.6 Å². The number of nitrogens with zero attached hydrogens (tertiary/aromatic N) is 3. The number of hydrogen-bond acceptors (Lipinski definition) is 4. The van der Waals surface area contributed by atoms with Crippen molar-refractivity contribution in [1.82, 2.24) is 0 Å². The molecule has 1 aromatic rings. The molecule has 0 aromatic heterocycles. The third-order valence-corrected chi connectivity index (χ3v) is 5.45. The predicted octanol–water partition coefficient (Wildman–Crippen LogP) is 1.60. The minimum atomic E-state index is -1.03. The van der Waals surface area contributed by atoms with Gasteiger partial charge >= 0.3 is 112 Å². The fraction of sp³-hybridized carbons (Fsp3) is 0.231. The number of nitriles is 2. The van der Waals surface area contributed by atoms with E-state index in [1.165, 1.54) is 0 Å². The van der Waals surface area contributed by atoms with Crippen molar-refractivity contribution in [1.29, 1.82) is 10.5 Å². The Bertz CT molecular complexity index is 550. The Morgan fingerprint density at radius 2 is 1.94 bits per heavy atom. The second kappa shape index (κ2) is 4.84. The third kappa shape index (κ3) is 2.12. The van der Waals surface area contributed by atoms with Gasteiger partial charge in [-0.15, -0.1) is 0 Å². The second-order valence-corrected chi connectivity index (χ2v) is 6.10. The van der Waals surface area contributed by atoms with E-state index >= 15 is 0 Å². The van der Waals surface area contributed by atoms with Crippen molar-refractivity contribution < 1.29 is 5.11 Å². The van der Waals surface area contributed by atoms with E-state index in [0.717, 1.165) is 5.69 Å². The quantitative estimate of drug-likeness (QED) is 0.632. The average molecular weight is 304 g/mol. The monoisotopic (exact) mass is 305 g/mol. The maximum atomic E-state index is 10.4. The molecule has 5 heteroatoms. The number of allylic oxidation sites excluding steroid dienone is 1. The molecule has 18 heavy (non-hydrogen) atoms. The van der Waals surface area contributed by atoms with E-state index in [2.05, 4.69) is 0 Å². The van der Waals surface area contributed by atoms with Gasteiger partial charge in [-0.2, -0.15) is 0 Å². The molecule has 2 rings (SSSR count). The van der Waals surface area contributed by atoms with Crippen LogP contribution in [0.15, 0.2) is 40.5 Å². The number of benzene rings is 1. The molecule has 1 unspecified atom stereocenters. The first-order chi connectivity index (χ1) is 8.60. The third-order valence-electron chi connectivity index (χ3n) is 2.62. The summed E-state index contributed by atoms with van der Waals surface area (Å²) in [5.41, 5.74) is -0.133. The predicted molar refractivity (Wildman–Crippen MR) is 68.4 cm³/mol. The summed E-state index contributed by atoms with van der Waals surface area (Å²) in [6.07, 6.45) is 0. The first kappa shape index (κ1) is 12.7. The molecule has 1 saturated heterocycles. The number of hydrogen-bond donors (Lipinski definition) is 1. The van der Waals surface area contributed by atoms with Gasteiger partial charge in [-0.05, 0) is 0 Å². The molecule has 0 bridgehead atoms. The molecule has 4 nitrogen and oxygen atoms in total. The van der Waals surface area contributed by atoms with Crippen LogP contribution in [0.4, 0.5) is 5.69 Å². The van der Waals surface area contributed by atoms with Crippen LogP contribution in [0.1, 0.15) is 6.92 Å². The van der Waals surface area contributed by atoms with Gasteiger partial charge in [-0.3, -0.25) is 0 Å². The molecule has 1 fully saturated rings. The number of anilines is 1. The van der Waals surface area contributed by atoms with Crippen LogP contribution < -0.4 is 4.90 Å². The Balaban J connectivity index is 2.57. The van der Waals surface area contributed by atoms with Gasteiger partial charge in [0.2, 0.25) is 0 Å². The van der Waals surface area contributed by atoms with Crippen molar-refractivity contribution in [2.75, 3.05) is 4.90 Å². The molecule has 1 heterocycles. The summed E-state index contributed by atoms with van der Waals surface area (Å²) in [4.78, 5) is 1.70. The summed E-state index contributed by atoms with van der Waals surface area (Å²) in [5, 5.41) is 29.0. The Kier molecular flexibility index (Phi) is 3.41. The van der Waals surface area contributed by atoms with Crippen molar-refractivity contribution in [2.24, 2.45) is 0 Å². The molecule has 1 aliphatic rings. The molecule has 0 amide bonds. The van der Waals surface area contributed by atoms with Crippen LogP contribution in [0.5, 0.6) is 0 Å². The molecule has 0 aliphatic carbocycles. The minimum absolute atomic E-state index is 0.0693. The second-order valence-electron chi connectivity index (χ2n) is 4.08. The van der Waals surface area contributed by atoms with Crippen LogP contribution in [0, 0.1) is 22.7 Å². The van der Waals surface area contributed by atoms with E-state index in [-0.39, 0.29) is 20.5 Å². The fourth-order valence-corrected chi connectivity index (χ4v) is 4.36. The van der Waals surface area contributed by atoms with Gasteiger partial charge < -0.3 is 0 Å². The van der Waals surface area contributed by atoms with E-state index in [1.807, 2.05) is 42.5 Å². The molecule has 0 radical (unpaired) electrons. The zero-order chi connectivity index (χ0) is 13.2. The van der Waals surface area contributed by atoms with E-state index in [0.29, 0.717) is 9.91 Å². The molecule has 0 saturated carbocycles. The van der Waals surface area contributed by atoms with E-state index in [4.69, 9.17) is 10.5 Å². The van der Waals surface area contributed by atoms with Gasteiger partial charge in [0.25, 0.3) is 0 Å². The molecule has 90 valence electrons. The summed E-state index contributed by atoms with van der Waals surface area (Å²) >= 11 is -0.0693. The number of aliphatic hydroxyl groups is 1. The van der Waals surface area contributed by atoms with Gasteiger partial charge in [0, 0.05) is 0 Å². The van der Waals surface area contributed by atoms with Crippen LogP contribution in [0.3, 0.4) is 0 Å². The van der Waals surface area contributed by atoms with Crippen molar-refractivity contribution in [3.05, 3.63) is 40.5 Å².